The molecule has 11 heteroatoms. The molecule has 1 unspecified atom stereocenters. The largest absolute Gasteiger partial charge is 0.484 e. The number of rotatable bonds is 6. The third kappa shape index (κ3) is 4.78. The lowest BCUT2D eigenvalue weighted by Crippen LogP contribution is -2.42. The second kappa shape index (κ2) is 10.2. The highest BCUT2D eigenvalue weighted by Crippen LogP contribution is 2.35. The number of allylic oxidation sites excluding steroid dienone is 1. The Bertz CT molecular complexity index is 1300. The molecule has 0 aliphatic carbocycles. The third-order valence-electron chi connectivity index (χ3n) is 6.27. The molecule has 0 bridgehead atoms. The molecule has 2 aliphatic rings. The van der Waals surface area contributed by atoms with Gasteiger partial charge in [0.15, 0.2) is 6.61 Å². The fourth-order valence-corrected chi connectivity index (χ4v) is 4.31. The number of carbonyl (C=O) groups is 2. The molecular formula is C25H27N7O4. The number of carbonyl (C=O) groups excluding carboxylic acids is 2. The van der Waals surface area contributed by atoms with Gasteiger partial charge in [0, 0.05) is 24.5 Å². The fourth-order valence-electron chi connectivity index (χ4n) is 4.31. The standard InChI is InChI=1S/C25H27N7O4/c1-16-5-3-4-6-20(16)27-24(34)22-17(2)26-25-28-29-30-32(25)23(22)18-7-9-19(10-8-18)36-15-21(33)31-11-13-35-14-12-31/h3-10,23H,11-15H2,1-2H3,(H,27,34)(H,26,28,30). The summed E-state index contributed by atoms with van der Waals surface area (Å²) in [6, 6.07) is 14.3. The molecule has 3 heterocycles. The number of morpholine rings is 1. The minimum atomic E-state index is -0.552. The van der Waals surface area contributed by atoms with E-state index in [1.807, 2.05) is 50.2 Å². The minimum Gasteiger partial charge on any atom is -0.484 e. The van der Waals surface area contributed by atoms with E-state index in [-0.39, 0.29) is 18.4 Å². The number of aromatic nitrogens is 4. The Morgan fingerprint density at radius 3 is 2.61 bits per heavy atom. The van der Waals surface area contributed by atoms with Crippen LogP contribution < -0.4 is 15.4 Å². The summed E-state index contributed by atoms with van der Waals surface area (Å²) in [6.07, 6.45) is 0. The van der Waals surface area contributed by atoms with E-state index < -0.39 is 6.04 Å². The maximum atomic E-state index is 13.5. The highest BCUT2D eigenvalue weighted by atomic mass is 16.5. The van der Waals surface area contributed by atoms with Crippen LogP contribution in [0.25, 0.3) is 0 Å². The minimum absolute atomic E-state index is 0.0487. The number of tetrazole rings is 1. The summed E-state index contributed by atoms with van der Waals surface area (Å²) in [7, 11) is 0. The zero-order chi connectivity index (χ0) is 25.1. The lowest BCUT2D eigenvalue weighted by molar-refractivity contribution is -0.137. The van der Waals surface area contributed by atoms with E-state index in [2.05, 4.69) is 26.2 Å². The number of nitrogens with one attached hydrogen (secondary N) is 2. The quantitative estimate of drug-likeness (QED) is 0.540. The number of benzene rings is 2. The number of hydrogen-bond donors (Lipinski definition) is 2. The predicted molar refractivity (Wildman–Crippen MR) is 131 cm³/mol. The van der Waals surface area contributed by atoms with Crippen molar-refractivity contribution in [3.63, 3.8) is 0 Å². The molecule has 5 rings (SSSR count). The monoisotopic (exact) mass is 489 g/mol. The summed E-state index contributed by atoms with van der Waals surface area (Å²) < 4.78 is 12.6. The first-order chi connectivity index (χ1) is 17.5. The normalized spacial score (nSPS) is 17.3. The first-order valence-corrected chi connectivity index (χ1v) is 11.7. The van der Waals surface area contributed by atoms with Gasteiger partial charge in [-0.25, -0.2) is 0 Å². The molecule has 0 radical (unpaired) electrons. The summed E-state index contributed by atoms with van der Waals surface area (Å²) in [5, 5.41) is 18.1. The smallest absolute Gasteiger partial charge is 0.260 e. The summed E-state index contributed by atoms with van der Waals surface area (Å²) in [5.74, 6) is 0.670. The van der Waals surface area contributed by atoms with E-state index in [1.54, 1.807) is 21.7 Å². The van der Waals surface area contributed by atoms with Crippen LogP contribution in [0, 0.1) is 6.92 Å². The van der Waals surface area contributed by atoms with Gasteiger partial charge in [-0.15, -0.1) is 0 Å². The van der Waals surface area contributed by atoms with Crippen molar-refractivity contribution in [3.05, 3.63) is 70.9 Å². The lowest BCUT2D eigenvalue weighted by Gasteiger charge is -2.28. The van der Waals surface area contributed by atoms with Gasteiger partial charge in [0.2, 0.25) is 5.95 Å². The van der Waals surface area contributed by atoms with Crippen molar-refractivity contribution in [1.29, 1.82) is 0 Å². The molecule has 186 valence electrons. The van der Waals surface area contributed by atoms with E-state index in [9.17, 15) is 9.59 Å². The maximum absolute atomic E-state index is 13.5. The highest BCUT2D eigenvalue weighted by Gasteiger charge is 2.34. The Balaban J connectivity index is 1.36. The molecule has 1 fully saturated rings. The second-order valence-electron chi connectivity index (χ2n) is 8.63. The number of hydrogen-bond acceptors (Lipinski definition) is 8. The van der Waals surface area contributed by atoms with Crippen LogP contribution in [0.1, 0.15) is 24.1 Å². The maximum Gasteiger partial charge on any atom is 0.260 e. The van der Waals surface area contributed by atoms with Gasteiger partial charge in [0.1, 0.15) is 11.8 Å². The number of nitrogens with zero attached hydrogens (tertiary/aromatic N) is 5. The molecule has 2 amide bonds. The number of amides is 2. The van der Waals surface area contributed by atoms with Crippen LogP contribution in [0.3, 0.4) is 0 Å². The zero-order valence-electron chi connectivity index (χ0n) is 20.1. The summed E-state index contributed by atoms with van der Waals surface area (Å²) in [5.41, 5.74) is 3.64. The summed E-state index contributed by atoms with van der Waals surface area (Å²) in [6.45, 7) is 5.95. The van der Waals surface area contributed by atoms with E-state index >= 15 is 0 Å². The second-order valence-corrected chi connectivity index (χ2v) is 8.63. The van der Waals surface area contributed by atoms with E-state index in [0.29, 0.717) is 49.3 Å². The van der Waals surface area contributed by atoms with Crippen molar-refractivity contribution in [2.75, 3.05) is 43.5 Å². The van der Waals surface area contributed by atoms with Crippen molar-refractivity contribution >= 4 is 23.5 Å². The molecule has 2 aliphatic heterocycles. The first-order valence-electron chi connectivity index (χ1n) is 11.7. The van der Waals surface area contributed by atoms with Crippen molar-refractivity contribution < 1.29 is 19.1 Å². The molecule has 3 aromatic rings. The molecule has 0 spiro atoms. The van der Waals surface area contributed by atoms with Gasteiger partial charge >= 0.3 is 0 Å². The van der Waals surface area contributed by atoms with Crippen molar-refractivity contribution in [2.24, 2.45) is 0 Å². The van der Waals surface area contributed by atoms with Crippen LogP contribution in [0.2, 0.25) is 0 Å². The lowest BCUT2D eigenvalue weighted by atomic mass is 9.95. The molecule has 1 atom stereocenters. The predicted octanol–water partition coefficient (Wildman–Crippen LogP) is 2.15. The van der Waals surface area contributed by atoms with E-state index in [1.165, 1.54) is 0 Å². The van der Waals surface area contributed by atoms with Crippen LogP contribution in [0.4, 0.5) is 11.6 Å². The SMILES string of the molecule is CC1=C(C(=O)Nc2ccccc2C)C(c2ccc(OCC(=O)N3CCOCC3)cc2)n2nnnc2N1. The number of ether oxygens (including phenoxy) is 2. The average molecular weight is 490 g/mol. The van der Waals surface area contributed by atoms with E-state index in [0.717, 1.165) is 16.8 Å². The Kier molecular flexibility index (Phi) is 6.63. The van der Waals surface area contributed by atoms with Crippen LogP contribution in [-0.2, 0) is 14.3 Å². The van der Waals surface area contributed by atoms with Gasteiger partial charge in [0.25, 0.3) is 11.8 Å². The van der Waals surface area contributed by atoms with Gasteiger partial charge < -0.3 is 25.0 Å². The van der Waals surface area contributed by atoms with Gasteiger partial charge in [0.05, 0.1) is 18.8 Å². The van der Waals surface area contributed by atoms with Crippen molar-refractivity contribution in [1.82, 2.24) is 25.1 Å². The Hall–Kier alpha value is -4.25. The Labute approximate surface area is 208 Å². The van der Waals surface area contributed by atoms with Gasteiger partial charge in [-0.2, -0.15) is 4.68 Å². The van der Waals surface area contributed by atoms with Gasteiger partial charge in [-0.1, -0.05) is 35.4 Å². The van der Waals surface area contributed by atoms with E-state index in [4.69, 9.17) is 9.47 Å². The third-order valence-corrected chi connectivity index (χ3v) is 6.27. The van der Waals surface area contributed by atoms with Crippen LogP contribution >= 0.6 is 0 Å². The summed E-state index contributed by atoms with van der Waals surface area (Å²) >= 11 is 0. The van der Waals surface area contributed by atoms with Crippen molar-refractivity contribution in [3.8, 4) is 5.75 Å². The van der Waals surface area contributed by atoms with Gasteiger partial charge in [-0.3, -0.25) is 9.59 Å². The van der Waals surface area contributed by atoms with Crippen LogP contribution in [-0.4, -0.2) is 69.8 Å². The highest BCUT2D eigenvalue weighted by molar-refractivity contribution is 6.06. The molecule has 2 N–H and O–H groups in total. The van der Waals surface area contributed by atoms with Gasteiger partial charge in [-0.05, 0) is 53.6 Å². The van der Waals surface area contributed by atoms with Crippen LogP contribution in [0.5, 0.6) is 5.75 Å². The van der Waals surface area contributed by atoms with Crippen LogP contribution in [0.15, 0.2) is 59.8 Å². The molecule has 1 aromatic heterocycles. The topological polar surface area (TPSA) is 124 Å². The molecule has 2 aromatic carbocycles. The average Bonchev–Trinajstić information content (AvgIpc) is 3.36. The first kappa shape index (κ1) is 23.5. The summed E-state index contributed by atoms with van der Waals surface area (Å²) in [4.78, 5) is 27.6. The number of aryl methyl sites for hydroxylation is 1. The number of fused-ring (bicyclic) bond motifs is 1. The zero-order valence-corrected chi connectivity index (χ0v) is 20.1. The molecule has 11 nitrogen and oxygen atoms in total. The Morgan fingerprint density at radius 1 is 1.11 bits per heavy atom. The number of para-hydroxylation sites is 1. The number of anilines is 2. The molecular weight excluding hydrogens is 462 g/mol. The Morgan fingerprint density at radius 2 is 1.86 bits per heavy atom. The molecule has 0 saturated carbocycles. The molecule has 1 saturated heterocycles. The fraction of sp³-hybridized carbons (Fsp3) is 0.320. The van der Waals surface area contributed by atoms with Crippen molar-refractivity contribution in [2.45, 2.75) is 19.9 Å². The molecule has 36 heavy (non-hydrogen) atoms.